The topological polar surface area (TPSA) is 77.9 Å². The third-order valence-corrected chi connectivity index (χ3v) is 6.22. The molecule has 1 N–H and O–H groups in total. The Hall–Kier alpha value is -2.38. The molecule has 1 heterocycles. The third kappa shape index (κ3) is 3.67. The van der Waals surface area contributed by atoms with Gasteiger partial charge >= 0.3 is 5.97 Å². The first-order chi connectivity index (χ1) is 11.9. The minimum atomic E-state index is -3.69. The molecule has 132 valence electrons. The number of hydrogen-bond donors (Lipinski definition) is 1. The molecule has 1 saturated heterocycles. The van der Waals surface area contributed by atoms with Gasteiger partial charge in [-0.2, -0.15) is 4.31 Å². The van der Waals surface area contributed by atoms with Gasteiger partial charge in [-0.3, -0.25) is 0 Å². The van der Waals surface area contributed by atoms with Gasteiger partial charge in [-0.25, -0.2) is 13.2 Å². The molecule has 0 spiro atoms. The fourth-order valence-electron chi connectivity index (χ4n) is 2.95. The minimum Gasteiger partial charge on any atom is -0.478 e. The molecule has 7 heteroatoms. The van der Waals surface area contributed by atoms with Crippen LogP contribution in [0.5, 0.6) is 0 Å². The van der Waals surface area contributed by atoms with Gasteiger partial charge in [0.05, 0.1) is 10.5 Å². The van der Waals surface area contributed by atoms with Crippen LogP contribution in [-0.2, 0) is 10.0 Å². The van der Waals surface area contributed by atoms with Gasteiger partial charge in [0.1, 0.15) is 0 Å². The molecule has 1 fully saturated rings. The van der Waals surface area contributed by atoms with Crippen LogP contribution in [-0.4, -0.2) is 50.0 Å². The van der Waals surface area contributed by atoms with Gasteiger partial charge in [0.25, 0.3) is 0 Å². The normalized spacial score (nSPS) is 16.0. The number of benzene rings is 2. The lowest BCUT2D eigenvalue weighted by molar-refractivity contribution is 0.0696. The van der Waals surface area contributed by atoms with Gasteiger partial charge in [-0.1, -0.05) is 18.2 Å². The molecule has 1 aliphatic rings. The zero-order valence-electron chi connectivity index (χ0n) is 13.9. The maximum absolute atomic E-state index is 12.8. The monoisotopic (exact) mass is 360 g/mol. The zero-order chi connectivity index (χ0) is 18.0. The van der Waals surface area contributed by atoms with E-state index >= 15 is 0 Å². The van der Waals surface area contributed by atoms with Crippen LogP contribution in [0.25, 0.3) is 0 Å². The van der Waals surface area contributed by atoms with E-state index in [4.69, 9.17) is 5.11 Å². The largest absolute Gasteiger partial charge is 0.478 e. The maximum Gasteiger partial charge on any atom is 0.335 e. The molecule has 3 rings (SSSR count). The van der Waals surface area contributed by atoms with Crippen molar-refractivity contribution in [2.24, 2.45) is 0 Å². The summed E-state index contributed by atoms with van der Waals surface area (Å²) in [6, 6.07) is 13.6. The van der Waals surface area contributed by atoms with Crippen molar-refractivity contribution in [2.45, 2.75) is 11.8 Å². The van der Waals surface area contributed by atoms with Gasteiger partial charge in [-0.05, 0) is 42.8 Å². The van der Waals surface area contributed by atoms with Crippen LogP contribution in [0.3, 0.4) is 0 Å². The van der Waals surface area contributed by atoms with E-state index in [2.05, 4.69) is 11.0 Å². The number of rotatable bonds is 4. The van der Waals surface area contributed by atoms with E-state index in [0.29, 0.717) is 26.2 Å². The summed E-state index contributed by atoms with van der Waals surface area (Å²) in [6.45, 7) is 3.96. The molecule has 0 saturated carbocycles. The summed E-state index contributed by atoms with van der Waals surface area (Å²) in [5, 5.41) is 9.05. The number of carboxylic acids is 1. The molecule has 0 aliphatic carbocycles. The van der Waals surface area contributed by atoms with Crippen LogP contribution in [0.1, 0.15) is 15.9 Å². The smallest absolute Gasteiger partial charge is 0.335 e. The molecule has 1 aliphatic heterocycles. The predicted molar refractivity (Wildman–Crippen MR) is 95.6 cm³/mol. The molecule has 0 amide bonds. The number of carboxylic acid groups (broad SMARTS) is 1. The Morgan fingerprint density at radius 2 is 1.68 bits per heavy atom. The number of carbonyl (C=O) groups is 1. The van der Waals surface area contributed by atoms with Gasteiger partial charge in [-0.15, -0.1) is 0 Å². The lowest BCUT2D eigenvalue weighted by Crippen LogP contribution is -2.48. The summed E-state index contributed by atoms with van der Waals surface area (Å²) in [6.07, 6.45) is 0. The van der Waals surface area contributed by atoms with Crippen LogP contribution < -0.4 is 4.90 Å². The Bertz CT molecular complexity index is 887. The van der Waals surface area contributed by atoms with Crippen molar-refractivity contribution >= 4 is 21.7 Å². The highest BCUT2D eigenvalue weighted by Crippen LogP contribution is 2.22. The summed E-state index contributed by atoms with van der Waals surface area (Å²) in [5.41, 5.74) is 2.22. The van der Waals surface area contributed by atoms with Crippen LogP contribution in [0.4, 0.5) is 5.69 Å². The quantitative estimate of drug-likeness (QED) is 0.904. The van der Waals surface area contributed by atoms with Gasteiger partial charge in [0.15, 0.2) is 0 Å². The van der Waals surface area contributed by atoms with Crippen molar-refractivity contribution in [1.29, 1.82) is 0 Å². The third-order valence-electron chi connectivity index (χ3n) is 4.32. The Morgan fingerprint density at radius 3 is 2.32 bits per heavy atom. The first-order valence-electron chi connectivity index (χ1n) is 8.03. The van der Waals surface area contributed by atoms with E-state index < -0.39 is 16.0 Å². The number of aromatic carboxylic acids is 1. The zero-order valence-corrected chi connectivity index (χ0v) is 14.7. The molecule has 0 radical (unpaired) electrons. The SMILES string of the molecule is Cc1cccc(N2CCN(S(=O)(=O)c3cccc(C(=O)O)c3)CC2)c1. The van der Waals surface area contributed by atoms with Crippen molar-refractivity contribution in [3.63, 3.8) is 0 Å². The van der Waals surface area contributed by atoms with Crippen molar-refractivity contribution in [3.05, 3.63) is 59.7 Å². The number of hydrogen-bond acceptors (Lipinski definition) is 4. The summed E-state index contributed by atoms with van der Waals surface area (Å²) in [7, 11) is -3.69. The number of anilines is 1. The van der Waals surface area contributed by atoms with E-state index in [1.54, 1.807) is 0 Å². The first-order valence-corrected chi connectivity index (χ1v) is 9.47. The molecule has 25 heavy (non-hydrogen) atoms. The lowest BCUT2D eigenvalue weighted by Gasteiger charge is -2.35. The molecular formula is C18H20N2O4S. The highest BCUT2D eigenvalue weighted by atomic mass is 32.2. The van der Waals surface area contributed by atoms with Gasteiger partial charge in [0, 0.05) is 31.9 Å². The standard InChI is InChI=1S/C18H20N2O4S/c1-14-4-2-6-16(12-14)19-8-10-20(11-9-19)25(23,24)17-7-3-5-15(13-17)18(21)22/h2-7,12-13H,8-11H2,1H3,(H,21,22). The highest BCUT2D eigenvalue weighted by Gasteiger charge is 2.29. The fourth-order valence-corrected chi connectivity index (χ4v) is 4.42. The predicted octanol–water partition coefficient (Wildman–Crippen LogP) is 2.20. The summed E-state index contributed by atoms with van der Waals surface area (Å²) in [4.78, 5) is 13.3. The second-order valence-electron chi connectivity index (χ2n) is 6.06. The molecule has 2 aromatic carbocycles. The number of aryl methyl sites for hydroxylation is 1. The molecule has 0 bridgehead atoms. The molecular weight excluding hydrogens is 340 g/mol. The summed E-state index contributed by atoms with van der Waals surface area (Å²) >= 11 is 0. The minimum absolute atomic E-state index is 0.0244. The van der Waals surface area contributed by atoms with Crippen LogP contribution in [0, 0.1) is 6.92 Å². The number of sulfonamides is 1. The van der Waals surface area contributed by atoms with E-state index in [1.807, 2.05) is 25.1 Å². The van der Waals surface area contributed by atoms with Crippen LogP contribution in [0.2, 0.25) is 0 Å². The number of nitrogens with zero attached hydrogens (tertiary/aromatic N) is 2. The second kappa shape index (κ2) is 6.85. The molecule has 6 nitrogen and oxygen atoms in total. The molecule has 0 aromatic heterocycles. The molecule has 0 atom stereocenters. The van der Waals surface area contributed by atoms with Gasteiger partial charge < -0.3 is 10.0 Å². The van der Waals surface area contributed by atoms with E-state index in [9.17, 15) is 13.2 Å². The van der Waals surface area contributed by atoms with Crippen molar-refractivity contribution < 1.29 is 18.3 Å². The Morgan fingerprint density at radius 1 is 1.00 bits per heavy atom. The maximum atomic E-state index is 12.8. The first kappa shape index (κ1) is 17.4. The average molecular weight is 360 g/mol. The van der Waals surface area contributed by atoms with E-state index in [-0.39, 0.29) is 10.5 Å². The van der Waals surface area contributed by atoms with E-state index in [1.165, 1.54) is 28.6 Å². The van der Waals surface area contributed by atoms with Gasteiger partial charge in [0.2, 0.25) is 10.0 Å². The Kier molecular flexibility index (Phi) is 4.78. The summed E-state index contributed by atoms with van der Waals surface area (Å²) < 4.78 is 27.0. The fraction of sp³-hybridized carbons (Fsp3) is 0.278. The number of piperazine rings is 1. The lowest BCUT2D eigenvalue weighted by atomic mass is 10.2. The average Bonchev–Trinajstić information content (AvgIpc) is 2.62. The van der Waals surface area contributed by atoms with Crippen LogP contribution in [0.15, 0.2) is 53.4 Å². The second-order valence-corrected chi connectivity index (χ2v) is 8.00. The van der Waals surface area contributed by atoms with Crippen LogP contribution >= 0.6 is 0 Å². The molecule has 2 aromatic rings. The van der Waals surface area contributed by atoms with Crippen molar-refractivity contribution in [1.82, 2.24) is 4.31 Å². The van der Waals surface area contributed by atoms with Crippen molar-refractivity contribution in [2.75, 3.05) is 31.1 Å². The Labute approximate surface area is 147 Å². The van der Waals surface area contributed by atoms with E-state index in [0.717, 1.165) is 11.3 Å². The summed E-state index contributed by atoms with van der Waals surface area (Å²) in [5.74, 6) is -1.14. The van der Waals surface area contributed by atoms with Crippen molar-refractivity contribution in [3.8, 4) is 0 Å². The molecule has 0 unspecified atom stereocenters. The highest BCUT2D eigenvalue weighted by molar-refractivity contribution is 7.89. The Balaban J connectivity index is 1.75.